The normalized spacial score (nSPS) is 11.0. The first-order valence-electron chi connectivity index (χ1n) is 6.21. The molecule has 0 unspecified atom stereocenters. The molecule has 0 saturated heterocycles. The minimum absolute atomic E-state index is 0.101. The molecule has 4 nitrogen and oxygen atoms in total. The van der Waals surface area contributed by atoms with E-state index in [1.807, 2.05) is 49.8 Å². The van der Waals surface area contributed by atoms with Gasteiger partial charge >= 0.3 is 0 Å². The van der Waals surface area contributed by atoms with Gasteiger partial charge in [0, 0.05) is 30.8 Å². The van der Waals surface area contributed by atoms with Crippen molar-refractivity contribution in [2.24, 2.45) is 7.05 Å². The van der Waals surface area contributed by atoms with Crippen LogP contribution in [0.1, 0.15) is 23.8 Å². The number of rotatable bonds is 6. The maximum absolute atomic E-state index is 12.4. The molecule has 0 radical (unpaired) electrons. The number of carbonyl (C=O) groups excluding carboxylic acids is 1. The summed E-state index contributed by atoms with van der Waals surface area (Å²) in [6.07, 6.45) is 2.90. The molecule has 0 bridgehead atoms. The molecule has 1 rings (SSSR count). The van der Waals surface area contributed by atoms with Crippen molar-refractivity contribution in [3.63, 3.8) is 0 Å². The fourth-order valence-electron chi connectivity index (χ4n) is 1.88. The van der Waals surface area contributed by atoms with Gasteiger partial charge < -0.3 is 14.4 Å². The van der Waals surface area contributed by atoms with Crippen LogP contribution in [0.25, 0.3) is 0 Å². The van der Waals surface area contributed by atoms with Crippen LogP contribution >= 0.6 is 15.9 Å². The fraction of sp³-hybridized carbons (Fsp3) is 0.615. The predicted molar refractivity (Wildman–Crippen MR) is 77.9 cm³/mol. The van der Waals surface area contributed by atoms with Crippen LogP contribution in [0.4, 0.5) is 0 Å². The van der Waals surface area contributed by atoms with Crippen molar-refractivity contribution in [2.75, 3.05) is 33.7 Å². The molecular formula is C13H22BrN3O. The molecule has 0 aliphatic rings. The van der Waals surface area contributed by atoms with Gasteiger partial charge in [0.25, 0.3) is 5.91 Å². The van der Waals surface area contributed by atoms with Gasteiger partial charge in [-0.2, -0.15) is 0 Å². The maximum Gasteiger partial charge on any atom is 0.270 e. The summed E-state index contributed by atoms with van der Waals surface area (Å²) >= 11 is 3.40. The summed E-state index contributed by atoms with van der Waals surface area (Å²) in [5, 5.41) is 0. The van der Waals surface area contributed by atoms with E-state index in [2.05, 4.69) is 20.8 Å². The Hall–Kier alpha value is -0.810. The van der Waals surface area contributed by atoms with Gasteiger partial charge in [0.15, 0.2) is 0 Å². The maximum atomic E-state index is 12.4. The van der Waals surface area contributed by atoms with Crippen molar-refractivity contribution in [3.05, 3.63) is 22.4 Å². The molecule has 0 aromatic carbocycles. The molecule has 102 valence electrons. The van der Waals surface area contributed by atoms with Gasteiger partial charge in [0.1, 0.15) is 5.69 Å². The molecule has 0 aliphatic carbocycles. The highest BCUT2D eigenvalue weighted by Crippen LogP contribution is 2.15. The number of amides is 1. The molecular weight excluding hydrogens is 294 g/mol. The Labute approximate surface area is 118 Å². The zero-order chi connectivity index (χ0) is 13.7. The van der Waals surface area contributed by atoms with Crippen LogP contribution in [0.15, 0.2) is 16.7 Å². The molecule has 0 spiro atoms. The largest absolute Gasteiger partial charge is 0.345 e. The van der Waals surface area contributed by atoms with Crippen molar-refractivity contribution in [3.8, 4) is 0 Å². The van der Waals surface area contributed by atoms with Gasteiger partial charge in [-0.15, -0.1) is 0 Å². The monoisotopic (exact) mass is 315 g/mol. The third-order valence-corrected chi connectivity index (χ3v) is 3.33. The van der Waals surface area contributed by atoms with Gasteiger partial charge in [0.05, 0.1) is 0 Å². The van der Waals surface area contributed by atoms with Crippen LogP contribution in [-0.4, -0.2) is 54.0 Å². The molecule has 1 heterocycles. The smallest absolute Gasteiger partial charge is 0.270 e. The zero-order valence-corrected chi connectivity index (χ0v) is 13.2. The molecule has 5 heteroatoms. The van der Waals surface area contributed by atoms with Crippen LogP contribution in [0.2, 0.25) is 0 Å². The number of aryl methyl sites for hydroxylation is 1. The number of hydrogen-bond acceptors (Lipinski definition) is 2. The molecule has 0 saturated carbocycles. The molecule has 1 aromatic rings. The second-order valence-corrected chi connectivity index (χ2v) is 5.61. The number of carbonyl (C=O) groups is 1. The molecule has 1 aromatic heterocycles. The van der Waals surface area contributed by atoms with E-state index < -0.39 is 0 Å². The van der Waals surface area contributed by atoms with E-state index in [1.165, 1.54) is 0 Å². The first-order valence-corrected chi connectivity index (χ1v) is 7.00. The van der Waals surface area contributed by atoms with Crippen molar-refractivity contribution < 1.29 is 4.79 Å². The van der Waals surface area contributed by atoms with Crippen LogP contribution in [-0.2, 0) is 7.05 Å². The lowest BCUT2D eigenvalue weighted by Crippen LogP contribution is -2.34. The second-order valence-electron chi connectivity index (χ2n) is 4.70. The zero-order valence-electron chi connectivity index (χ0n) is 11.6. The quantitative estimate of drug-likeness (QED) is 0.805. The third-order valence-electron chi connectivity index (χ3n) is 2.89. The van der Waals surface area contributed by atoms with Crippen LogP contribution < -0.4 is 0 Å². The number of halogens is 1. The fourth-order valence-corrected chi connectivity index (χ4v) is 2.40. The van der Waals surface area contributed by atoms with Gasteiger partial charge in [-0.1, -0.05) is 0 Å². The average molecular weight is 316 g/mol. The summed E-state index contributed by atoms with van der Waals surface area (Å²) in [6, 6.07) is 1.87. The summed E-state index contributed by atoms with van der Waals surface area (Å²) < 4.78 is 2.80. The molecule has 18 heavy (non-hydrogen) atoms. The van der Waals surface area contributed by atoms with Crippen molar-refractivity contribution in [1.29, 1.82) is 0 Å². The standard InChI is InChI=1S/C13H22BrN3O/c1-5-17(8-6-7-15(2)3)13(18)12-9-11(14)10-16(12)4/h9-10H,5-8H2,1-4H3. The molecule has 0 atom stereocenters. The Balaban J connectivity index is 2.65. The summed E-state index contributed by atoms with van der Waals surface area (Å²) in [4.78, 5) is 16.4. The Morgan fingerprint density at radius 3 is 2.50 bits per heavy atom. The van der Waals surface area contributed by atoms with Gasteiger partial charge in [-0.05, 0) is 56.0 Å². The van der Waals surface area contributed by atoms with Crippen LogP contribution in [0.5, 0.6) is 0 Å². The van der Waals surface area contributed by atoms with E-state index in [9.17, 15) is 4.79 Å². The summed E-state index contributed by atoms with van der Waals surface area (Å²) in [5.41, 5.74) is 0.730. The van der Waals surface area contributed by atoms with E-state index in [0.29, 0.717) is 0 Å². The number of hydrogen-bond donors (Lipinski definition) is 0. The number of nitrogens with zero attached hydrogens (tertiary/aromatic N) is 3. The lowest BCUT2D eigenvalue weighted by molar-refractivity contribution is 0.0749. The van der Waals surface area contributed by atoms with E-state index in [-0.39, 0.29) is 5.91 Å². The SMILES string of the molecule is CCN(CCCN(C)C)C(=O)c1cc(Br)cn1C. The molecule has 0 N–H and O–H groups in total. The topological polar surface area (TPSA) is 28.5 Å². The van der Waals surface area contributed by atoms with E-state index in [1.54, 1.807) is 0 Å². The van der Waals surface area contributed by atoms with E-state index >= 15 is 0 Å². The minimum atomic E-state index is 0.101. The van der Waals surface area contributed by atoms with Gasteiger partial charge in [-0.25, -0.2) is 0 Å². The van der Waals surface area contributed by atoms with Gasteiger partial charge in [0.2, 0.25) is 0 Å². The van der Waals surface area contributed by atoms with E-state index in [0.717, 1.165) is 36.2 Å². The van der Waals surface area contributed by atoms with Crippen molar-refractivity contribution >= 4 is 21.8 Å². The lowest BCUT2D eigenvalue weighted by atomic mass is 10.3. The van der Waals surface area contributed by atoms with Crippen LogP contribution in [0.3, 0.4) is 0 Å². The Morgan fingerprint density at radius 1 is 1.39 bits per heavy atom. The highest BCUT2D eigenvalue weighted by Gasteiger charge is 2.17. The Morgan fingerprint density at radius 2 is 2.06 bits per heavy atom. The Bertz CT molecular complexity index is 401. The van der Waals surface area contributed by atoms with Gasteiger partial charge in [-0.3, -0.25) is 4.79 Å². The minimum Gasteiger partial charge on any atom is -0.345 e. The Kier molecular flexibility index (Phi) is 5.88. The second kappa shape index (κ2) is 6.95. The summed E-state index contributed by atoms with van der Waals surface area (Å²) in [6.45, 7) is 4.57. The van der Waals surface area contributed by atoms with E-state index in [4.69, 9.17) is 0 Å². The average Bonchev–Trinajstić information content (AvgIpc) is 2.63. The third kappa shape index (κ3) is 4.14. The van der Waals surface area contributed by atoms with Crippen LogP contribution in [0, 0.1) is 0 Å². The molecule has 0 fully saturated rings. The number of aromatic nitrogens is 1. The molecule has 0 aliphatic heterocycles. The summed E-state index contributed by atoms with van der Waals surface area (Å²) in [5.74, 6) is 0.101. The predicted octanol–water partition coefficient (Wildman–Crippen LogP) is 2.20. The first kappa shape index (κ1) is 15.2. The molecule has 1 amide bonds. The highest BCUT2D eigenvalue weighted by molar-refractivity contribution is 9.10. The first-order chi connectivity index (χ1) is 8.45. The summed E-state index contributed by atoms with van der Waals surface area (Å²) in [7, 11) is 5.99. The van der Waals surface area contributed by atoms with Crippen molar-refractivity contribution in [2.45, 2.75) is 13.3 Å². The van der Waals surface area contributed by atoms with Crippen molar-refractivity contribution in [1.82, 2.24) is 14.4 Å². The highest BCUT2D eigenvalue weighted by atomic mass is 79.9. The lowest BCUT2D eigenvalue weighted by Gasteiger charge is -2.22.